The van der Waals surface area contributed by atoms with Crippen molar-refractivity contribution in [3.05, 3.63) is 20.8 Å². The van der Waals surface area contributed by atoms with Crippen LogP contribution in [0.3, 0.4) is 0 Å². The molecule has 0 radical (unpaired) electrons. The molecule has 0 unspecified atom stereocenters. The summed E-state index contributed by atoms with van der Waals surface area (Å²) in [6.07, 6.45) is 0. The van der Waals surface area contributed by atoms with Gasteiger partial charge in [-0.2, -0.15) is 0 Å². The molecule has 3 nitrogen and oxygen atoms in total. The van der Waals surface area contributed by atoms with E-state index in [9.17, 15) is 0 Å². The molecule has 0 bridgehead atoms. The summed E-state index contributed by atoms with van der Waals surface area (Å²) in [4.78, 5) is 0.867. The van der Waals surface area contributed by atoms with Gasteiger partial charge in [-0.05, 0) is 28.1 Å². The molecule has 0 saturated heterocycles. The van der Waals surface area contributed by atoms with Gasteiger partial charge in [0.2, 0.25) is 0 Å². The van der Waals surface area contributed by atoms with Crippen LogP contribution in [-0.2, 0) is 20.2 Å². The average molecular weight is 267 g/mol. The molecular weight excluding hydrogens is 256 g/mol. The van der Waals surface area contributed by atoms with E-state index in [0.29, 0.717) is 0 Å². The van der Waals surface area contributed by atoms with Crippen LogP contribution in [0.5, 0.6) is 0 Å². The van der Waals surface area contributed by atoms with Crippen LogP contribution in [0.4, 0.5) is 0 Å². The van der Waals surface area contributed by atoms with Crippen LogP contribution in [0.2, 0.25) is 0 Å². The second kappa shape index (κ2) is 4.52. The smallest absolute Gasteiger partial charge is 0.320 e. The molecule has 0 aliphatic carbocycles. The summed E-state index contributed by atoms with van der Waals surface area (Å²) in [6.45, 7) is 0. The maximum absolute atomic E-state index is 5.18. The summed E-state index contributed by atoms with van der Waals surface area (Å²) in [7, 11) is 4.63. The average Bonchev–Trinajstić information content (AvgIpc) is 2.57. The van der Waals surface area contributed by atoms with E-state index in [-0.39, 0.29) is 0 Å². The Labute approximate surface area is 89.7 Å². The molecule has 0 fully saturated rings. The van der Waals surface area contributed by atoms with Gasteiger partial charge in [0.05, 0.1) is 8.66 Å². The highest BCUT2D eigenvalue weighted by molar-refractivity contribution is 9.11. The third kappa shape index (κ3) is 2.11. The van der Waals surface area contributed by atoms with Gasteiger partial charge in [0.1, 0.15) is 0 Å². The number of halogens is 1. The molecule has 13 heavy (non-hydrogen) atoms. The Morgan fingerprint density at radius 2 is 1.69 bits per heavy atom. The van der Waals surface area contributed by atoms with E-state index in [1.54, 1.807) is 21.3 Å². The Bertz CT molecular complexity index is 262. The van der Waals surface area contributed by atoms with Crippen molar-refractivity contribution < 1.29 is 14.2 Å². The lowest BCUT2D eigenvalue weighted by Gasteiger charge is -2.27. The fourth-order valence-electron chi connectivity index (χ4n) is 1.03. The second-order valence-electron chi connectivity index (χ2n) is 2.27. The summed E-state index contributed by atoms with van der Waals surface area (Å²) in [5.41, 5.74) is 0. The zero-order valence-electron chi connectivity index (χ0n) is 7.67. The summed E-state index contributed by atoms with van der Waals surface area (Å²) in [5.74, 6) is -1.07. The maximum atomic E-state index is 5.18. The number of rotatable bonds is 4. The van der Waals surface area contributed by atoms with Crippen LogP contribution < -0.4 is 0 Å². The fraction of sp³-hybridized carbons (Fsp3) is 0.500. The molecule has 0 spiro atoms. The topological polar surface area (TPSA) is 27.7 Å². The zero-order chi connectivity index (χ0) is 9.90. The normalized spacial score (nSPS) is 12.0. The first-order valence-corrected chi connectivity index (χ1v) is 5.20. The largest absolute Gasteiger partial charge is 0.326 e. The van der Waals surface area contributed by atoms with Crippen molar-refractivity contribution in [3.63, 3.8) is 0 Å². The van der Waals surface area contributed by atoms with Gasteiger partial charge in [0, 0.05) is 21.3 Å². The quantitative estimate of drug-likeness (QED) is 0.785. The van der Waals surface area contributed by atoms with E-state index in [2.05, 4.69) is 15.9 Å². The molecule has 0 aromatic carbocycles. The van der Waals surface area contributed by atoms with Gasteiger partial charge in [-0.1, -0.05) is 0 Å². The molecule has 0 aliphatic heterocycles. The second-order valence-corrected chi connectivity index (χ2v) is 4.74. The molecule has 1 heterocycles. The molecule has 1 aromatic heterocycles. The molecule has 0 saturated carbocycles. The summed E-state index contributed by atoms with van der Waals surface area (Å²) < 4.78 is 16.6. The first-order valence-electron chi connectivity index (χ1n) is 3.60. The van der Waals surface area contributed by atoms with Crippen LogP contribution in [0.15, 0.2) is 15.9 Å². The lowest BCUT2D eigenvalue weighted by atomic mass is 10.4. The first kappa shape index (κ1) is 11.1. The molecule has 0 atom stereocenters. The van der Waals surface area contributed by atoms with Gasteiger partial charge in [-0.25, -0.2) is 0 Å². The lowest BCUT2D eigenvalue weighted by molar-refractivity contribution is -0.362. The predicted octanol–water partition coefficient (Wildman–Crippen LogP) is 2.56. The van der Waals surface area contributed by atoms with Crippen molar-refractivity contribution in [2.45, 2.75) is 5.97 Å². The van der Waals surface area contributed by atoms with Crippen molar-refractivity contribution >= 4 is 27.3 Å². The van der Waals surface area contributed by atoms with E-state index in [1.165, 1.54) is 11.3 Å². The standard InChI is InChI=1S/C8H11BrO3S/c1-10-8(11-2,12-3)6-4-5-7(9)13-6/h4-5H,1-3H3. The summed E-state index contributed by atoms with van der Waals surface area (Å²) >= 11 is 4.87. The van der Waals surface area contributed by atoms with E-state index in [0.717, 1.165) is 8.66 Å². The van der Waals surface area contributed by atoms with Gasteiger partial charge in [-0.15, -0.1) is 11.3 Å². The molecular formula is C8H11BrO3S. The van der Waals surface area contributed by atoms with E-state index < -0.39 is 5.97 Å². The highest BCUT2D eigenvalue weighted by Crippen LogP contribution is 2.34. The molecule has 0 aliphatic rings. The monoisotopic (exact) mass is 266 g/mol. The lowest BCUT2D eigenvalue weighted by Crippen LogP contribution is -2.31. The number of hydrogen-bond acceptors (Lipinski definition) is 4. The third-order valence-corrected chi connectivity index (χ3v) is 3.37. The predicted molar refractivity (Wildman–Crippen MR) is 54.7 cm³/mol. The first-order chi connectivity index (χ1) is 6.18. The third-order valence-electron chi connectivity index (χ3n) is 1.68. The van der Waals surface area contributed by atoms with Crippen LogP contribution in [-0.4, -0.2) is 21.3 Å². The van der Waals surface area contributed by atoms with Crippen LogP contribution in [0.1, 0.15) is 4.88 Å². The summed E-state index contributed by atoms with van der Waals surface area (Å²) in [6, 6.07) is 3.82. The van der Waals surface area contributed by atoms with Crippen molar-refractivity contribution in [1.29, 1.82) is 0 Å². The molecule has 1 rings (SSSR count). The number of methoxy groups -OCH3 is 3. The van der Waals surface area contributed by atoms with Gasteiger partial charge in [-0.3, -0.25) is 0 Å². The number of hydrogen-bond donors (Lipinski definition) is 0. The highest BCUT2D eigenvalue weighted by atomic mass is 79.9. The number of thiophene rings is 1. The molecule has 0 amide bonds. The van der Waals surface area contributed by atoms with Gasteiger partial charge in [0.25, 0.3) is 0 Å². The SMILES string of the molecule is COC(OC)(OC)c1ccc(Br)s1. The molecule has 74 valence electrons. The summed E-state index contributed by atoms with van der Waals surface area (Å²) in [5, 5.41) is 0. The van der Waals surface area contributed by atoms with Gasteiger partial charge >= 0.3 is 5.97 Å². The van der Waals surface area contributed by atoms with Crippen molar-refractivity contribution in [3.8, 4) is 0 Å². The van der Waals surface area contributed by atoms with Crippen LogP contribution >= 0.6 is 27.3 Å². The number of ether oxygens (including phenoxy) is 3. The van der Waals surface area contributed by atoms with Crippen LogP contribution in [0.25, 0.3) is 0 Å². The minimum atomic E-state index is -1.07. The Balaban J connectivity index is 3.00. The van der Waals surface area contributed by atoms with E-state index in [4.69, 9.17) is 14.2 Å². The Morgan fingerprint density at radius 1 is 1.15 bits per heavy atom. The molecule has 5 heteroatoms. The van der Waals surface area contributed by atoms with Crippen molar-refractivity contribution in [2.24, 2.45) is 0 Å². The van der Waals surface area contributed by atoms with Gasteiger partial charge in [0.15, 0.2) is 0 Å². The fourth-order valence-corrected chi connectivity index (χ4v) is 2.54. The maximum Gasteiger partial charge on any atom is 0.320 e. The van der Waals surface area contributed by atoms with E-state index in [1.807, 2.05) is 12.1 Å². The highest BCUT2D eigenvalue weighted by Gasteiger charge is 2.33. The van der Waals surface area contributed by atoms with Gasteiger partial charge < -0.3 is 14.2 Å². The minimum absolute atomic E-state index is 0.867. The van der Waals surface area contributed by atoms with E-state index >= 15 is 0 Å². The Kier molecular flexibility index (Phi) is 3.87. The molecule has 0 N–H and O–H groups in total. The van der Waals surface area contributed by atoms with Crippen LogP contribution in [0, 0.1) is 0 Å². The van der Waals surface area contributed by atoms with Crippen molar-refractivity contribution in [2.75, 3.05) is 21.3 Å². The minimum Gasteiger partial charge on any atom is -0.326 e. The van der Waals surface area contributed by atoms with Crippen molar-refractivity contribution in [1.82, 2.24) is 0 Å². The Morgan fingerprint density at radius 3 is 2.00 bits per heavy atom. The molecule has 1 aromatic rings. The zero-order valence-corrected chi connectivity index (χ0v) is 10.1. The Hall–Kier alpha value is 0.0600.